The van der Waals surface area contributed by atoms with Crippen LogP contribution in [0.1, 0.15) is 36.6 Å². The second-order valence-corrected chi connectivity index (χ2v) is 12.3. The molecule has 0 atom stereocenters. The molecule has 1 aliphatic carbocycles. The SMILES string of the molecule is CCc1cc2c3c(c1)N(c1ccccc1)c1c4c(n(-c5ccccc5)c1B3c1ccccc1N2c1ccccc1)CCCC4. The average molecular weight is 568 g/mol. The van der Waals surface area contributed by atoms with Crippen LogP contribution in [0.2, 0.25) is 0 Å². The Morgan fingerprint density at radius 1 is 0.591 bits per heavy atom. The first-order valence-electron chi connectivity index (χ1n) is 16.1. The predicted octanol–water partition coefficient (Wildman–Crippen LogP) is 8.00. The molecule has 0 amide bonds. The van der Waals surface area contributed by atoms with E-state index in [1.54, 1.807) is 0 Å². The number of benzene rings is 5. The summed E-state index contributed by atoms with van der Waals surface area (Å²) in [7, 11) is 0. The van der Waals surface area contributed by atoms with Gasteiger partial charge in [-0.15, -0.1) is 0 Å². The quantitative estimate of drug-likeness (QED) is 0.200. The predicted molar refractivity (Wildman–Crippen MR) is 186 cm³/mol. The maximum Gasteiger partial charge on any atom is 0.273 e. The van der Waals surface area contributed by atoms with Gasteiger partial charge in [0.25, 0.3) is 6.71 Å². The van der Waals surface area contributed by atoms with Crippen LogP contribution in [-0.4, -0.2) is 11.3 Å². The standard InChI is InChI=1S/C40H34BN3/c1-2-28-26-36-38-37(27-28)43(30-18-8-4-9-19-30)39-32-22-12-14-24-34(32)44(31-20-10-5-11-21-31)40(39)41(38)33-23-13-15-25-35(33)42(36)29-16-6-3-7-17-29/h3-11,13,15-21,23,25-27H,2,12,14,22,24H2,1H3. The third-order valence-corrected chi connectivity index (χ3v) is 9.88. The van der Waals surface area contributed by atoms with E-state index in [0.29, 0.717) is 0 Å². The summed E-state index contributed by atoms with van der Waals surface area (Å²) in [4.78, 5) is 5.12. The first kappa shape index (κ1) is 25.5. The Bertz CT molecular complexity index is 2010. The molecule has 0 N–H and O–H groups in total. The molecule has 0 unspecified atom stereocenters. The molecule has 0 fully saturated rings. The molecule has 2 aliphatic heterocycles. The number of anilines is 6. The molecular weight excluding hydrogens is 533 g/mol. The van der Waals surface area contributed by atoms with Crippen LogP contribution in [0, 0.1) is 0 Å². The Hall–Kier alpha value is -4.96. The Morgan fingerprint density at radius 2 is 1.16 bits per heavy atom. The van der Waals surface area contributed by atoms with E-state index in [1.807, 2.05) is 0 Å². The van der Waals surface area contributed by atoms with E-state index >= 15 is 0 Å². The number of aryl methyl sites for hydroxylation is 1. The fourth-order valence-electron chi connectivity index (χ4n) is 8.06. The molecule has 0 saturated heterocycles. The van der Waals surface area contributed by atoms with E-state index in [4.69, 9.17) is 0 Å². The third-order valence-electron chi connectivity index (χ3n) is 9.88. The van der Waals surface area contributed by atoms with Gasteiger partial charge in [0.05, 0.1) is 5.69 Å². The lowest BCUT2D eigenvalue weighted by Crippen LogP contribution is -2.63. The van der Waals surface area contributed by atoms with Crippen LogP contribution in [0.5, 0.6) is 0 Å². The Kier molecular flexibility index (Phi) is 5.84. The van der Waals surface area contributed by atoms with Crippen LogP contribution in [0.3, 0.4) is 0 Å². The van der Waals surface area contributed by atoms with Crippen molar-refractivity contribution in [2.45, 2.75) is 39.0 Å². The van der Waals surface area contributed by atoms with Crippen molar-refractivity contribution in [1.29, 1.82) is 0 Å². The highest BCUT2D eigenvalue weighted by atomic mass is 15.2. The van der Waals surface area contributed by atoms with Gasteiger partial charge in [0.1, 0.15) is 0 Å². The number of hydrogen-bond donors (Lipinski definition) is 0. The first-order valence-corrected chi connectivity index (χ1v) is 16.1. The van der Waals surface area contributed by atoms with Gasteiger partial charge in [-0.05, 0) is 109 Å². The molecular formula is C40H34BN3. The van der Waals surface area contributed by atoms with Gasteiger partial charge in [0.15, 0.2) is 0 Å². The van der Waals surface area contributed by atoms with Crippen molar-refractivity contribution < 1.29 is 0 Å². The molecule has 5 aromatic carbocycles. The normalized spacial score (nSPS) is 14.5. The topological polar surface area (TPSA) is 11.4 Å². The van der Waals surface area contributed by atoms with E-state index in [1.165, 1.54) is 86.0 Å². The number of fused-ring (bicyclic) bond motifs is 6. The van der Waals surface area contributed by atoms with Gasteiger partial charge in [0, 0.05) is 45.4 Å². The van der Waals surface area contributed by atoms with Gasteiger partial charge in [-0.3, -0.25) is 0 Å². The zero-order valence-electron chi connectivity index (χ0n) is 25.1. The minimum Gasteiger partial charge on any atom is -0.323 e. The number of hydrogen-bond acceptors (Lipinski definition) is 2. The number of para-hydroxylation sites is 4. The Morgan fingerprint density at radius 3 is 1.84 bits per heavy atom. The molecule has 0 spiro atoms. The van der Waals surface area contributed by atoms with Gasteiger partial charge in [0.2, 0.25) is 0 Å². The second kappa shape index (κ2) is 10.1. The van der Waals surface area contributed by atoms with Crippen molar-refractivity contribution >= 4 is 57.4 Å². The molecule has 0 saturated carbocycles. The summed E-state index contributed by atoms with van der Waals surface area (Å²) in [6.45, 7) is 2.40. The van der Waals surface area contributed by atoms with Gasteiger partial charge < -0.3 is 14.4 Å². The van der Waals surface area contributed by atoms with Crippen LogP contribution >= 0.6 is 0 Å². The van der Waals surface area contributed by atoms with Gasteiger partial charge >= 0.3 is 0 Å². The van der Waals surface area contributed by atoms with E-state index in [9.17, 15) is 0 Å². The molecule has 3 aliphatic rings. The number of rotatable bonds is 4. The summed E-state index contributed by atoms with van der Waals surface area (Å²) in [6.07, 6.45) is 5.66. The molecule has 3 nitrogen and oxygen atoms in total. The van der Waals surface area contributed by atoms with E-state index in [0.717, 1.165) is 19.3 Å². The maximum atomic E-state index is 2.65. The smallest absolute Gasteiger partial charge is 0.273 e. The molecule has 3 heterocycles. The first-order chi connectivity index (χ1) is 21.8. The lowest BCUT2D eigenvalue weighted by molar-refractivity contribution is 0.664. The average Bonchev–Trinajstić information content (AvgIpc) is 3.44. The van der Waals surface area contributed by atoms with E-state index in [-0.39, 0.29) is 6.71 Å². The lowest BCUT2D eigenvalue weighted by atomic mass is 9.34. The summed E-state index contributed by atoms with van der Waals surface area (Å²) < 4.78 is 2.65. The third kappa shape index (κ3) is 3.64. The minimum atomic E-state index is 0.114. The van der Waals surface area contributed by atoms with E-state index < -0.39 is 0 Å². The highest BCUT2D eigenvalue weighted by Gasteiger charge is 2.47. The summed E-state index contributed by atoms with van der Waals surface area (Å²) in [5.41, 5.74) is 17.5. The van der Waals surface area contributed by atoms with Crippen molar-refractivity contribution in [3.05, 3.63) is 144 Å². The van der Waals surface area contributed by atoms with Crippen LogP contribution in [0.25, 0.3) is 5.69 Å². The van der Waals surface area contributed by atoms with Gasteiger partial charge in [-0.1, -0.05) is 79.7 Å². The second-order valence-electron chi connectivity index (χ2n) is 12.3. The lowest BCUT2D eigenvalue weighted by Gasteiger charge is -2.44. The highest BCUT2D eigenvalue weighted by molar-refractivity contribution is 7.00. The van der Waals surface area contributed by atoms with Crippen molar-refractivity contribution in [3.63, 3.8) is 0 Å². The largest absolute Gasteiger partial charge is 0.323 e. The Labute approximate surface area is 260 Å². The van der Waals surface area contributed by atoms with Crippen LogP contribution in [-0.2, 0) is 19.3 Å². The van der Waals surface area contributed by atoms with Crippen LogP contribution in [0.4, 0.5) is 34.1 Å². The monoisotopic (exact) mass is 567 g/mol. The van der Waals surface area contributed by atoms with Gasteiger partial charge in [-0.2, -0.15) is 0 Å². The number of nitrogens with zero attached hydrogens (tertiary/aromatic N) is 3. The molecule has 44 heavy (non-hydrogen) atoms. The zero-order valence-corrected chi connectivity index (χ0v) is 25.1. The Balaban J connectivity index is 1.46. The molecule has 1 aromatic heterocycles. The van der Waals surface area contributed by atoms with Crippen LogP contribution in [0.15, 0.2) is 127 Å². The molecule has 6 aromatic rings. The van der Waals surface area contributed by atoms with E-state index in [2.05, 4.69) is 149 Å². The highest BCUT2D eigenvalue weighted by Crippen LogP contribution is 2.47. The van der Waals surface area contributed by atoms with Crippen molar-refractivity contribution in [1.82, 2.24) is 4.57 Å². The fraction of sp³-hybridized carbons (Fsp3) is 0.150. The van der Waals surface area contributed by atoms with Crippen molar-refractivity contribution in [2.24, 2.45) is 0 Å². The summed E-state index contributed by atoms with van der Waals surface area (Å²) in [6, 6.07) is 47.2. The fourth-order valence-corrected chi connectivity index (χ4v) is 8.06. The molecule has 0 radical (unpaired) electrons. The molecule has 212 valence electrons. The minimum absolute atomic E-state index is 0.114. The van der Waals surface area contributed by atoms with Crippen LogP contribution < -0.4 is 26.3 Å². The maximum absolute atomic E-state index is 2.65. The van der Waals surface area contributed by atoms with Crippen molar-refractivity contribution in [3.8, 4) is 5.69 Å². The van der Waals surface area contributed by atoms with Crippen molar-refractivity contribution in [2.75, 3.05) is 9.80 Å². The summed E-state index contributed by atoms with van der Waals surface area (Å²) >= 11 is 0. The van der Waals surface area contributed by atoms with Gasteiger partial charge in [-0.25, -0.2) is 0 Å². The molecule has 0 bridgehead atoms. The number of aromatic nitrogens is 1. The molecule has 9 rings (SSSR count). The molecule has 4 heteroatoms. The summed E-state index contributed by atoms with van der Waals surface area (Å²) in [5.74, 6) is 0. The zero-order chi connectivity index (χ0) is 29.2. The summed E-state index contributed by atoms with van der Waals surface area (Å²) in [5, 5.41) is 0.